The minimum Gasteiger partial charge on any atom is -0.480 e. The van der Waals surface area contributed by atoms with E-state index in [0.29, 0.717) is 6.04 Å². The second-order valence-corrected chi connectivity index (χ2v) is 3.91. The lowest BCUT2D eigenvalue weighted by Gasteiger charge is -2.38. The molecular formula is C10H21NO2. The van der Waals surface area contributed by atoms with Crippen LogP contribution in [0.2, 0.25) is 0 Å². The zero-order chi connectivity index (χ0) is 10.6. The summed E-state index contributed by atoms with van der Waals surface area (Å²) in [7, 11) is 0. The molecule has 0 aromatic heterocycles. The Balaban J connectivity index is 4.65. The fourth-order valence-electron chi connectivity index (χ4n) is 1.60. The first kappa shape index (κ1) is 12.4. The Morgan fingerprint density at radius 2 is 1.92 bits per heavy atom. The summed E-state index contributed by atoms with van der Waals surface area (Å²) in [5, 5.41) is 9.05. The highest BCUT2D eigenvalue weighted by atomic mass is 16.4. The molecular weight excluding hydrogens is 166 g/mol. The van der Waals surface area contributed by atoms with E-state index in [-0.39, 0.29) is 0 Å². The quantitative estimate of drug-likeness (QED) is 0.715. The van der Waals surface area contributed by atoms with Crippen molar-refractivity contribution in [2.75, 3.05) is 6.54 Å². The molecule has 0 bridgehead atoms. The highest BCUT2D eigenvalue weighted by Crippen LogP contribution is 2.19. The fourth-order valence-corrected chi connectivity index (χ4v) is 1.60. The molecule has 13 heavy (non-hydrogen) atoms. The summed E-state index contributed by atoms with van der Waals surface area (Å²) in [6.07, 6.45) is 0.977. The van der Waals surface area contributed by atoms with Crippen molar-refractivity contribution in [2.24, 2.45) is 0 Å². The number of aliphatic carboxylic acids is 1. The van der Waals surface area contributed by atoms with Crippen molar-refractivity contribution in [1.29, 1.82) is 0 Å². The van der Waals surface area contributed by atoms with Crippen LogP contribution in [0.1, 0.15) is 41.0 Å². The SMILES string of the molecule is CCC(C)N(CC)C(C)(C)C(=O)O. The van der Waals surface area contributed by atoms with Gasteiger partial charge in [-0.1, -0.05) is 13.8 Å². The third-order valence-corrected chi connectivity index (χ3v) is 2.70. The number of carboxylic acids is 1. The molecule has 3 nitrogen and oxygen atoms in total. The first-order valence-corrected chi connectivity index (χ1v) is 4.88. The highest BCUT2D eigenvalue weighted by Gasteiger charge is 2.35. The average molecular weight is 187 g/mol. The molecule has 0 aliphatic heterocycles. The number of rotatable bonds is 5. The van der Waals surface area contributed by atoms with E-state index in [1.165, 1.54) is 0 Å². The largest absolute Gasteiger partial charge is 0.480 e. The third kappa shape index (κ3) is 2.69. The molecule has 0 rings (SSSR count). The van der Waals surface area contributed by atoms with Crippen molar-refractivity contribution in [3.8, 4) is 0 Å². The van der Waals surface area contributed by atoms with Gasteiger partial charge in [0.2, 0.25) is 0 Å². The monoisotopic (exact) mass is 187 g/mol. The zero-order valence-corrected chi connectivity index (χ0v) is 9.29. The van der Waals surface area contributed by atoms with E-state index in [1.807, 2.05) is 11.8 Å². The molecule has 0 aromatic rings. The Hall–Kier alpha value is -0.570. The van der Waals surface area contributed by atoms with Crippen LogP contribution in [0.25, 0.3) is 0 Å². The second kappa shape index (κ2) is 4.61. The van der Waals surface area contributed by atoms with Crippen LogP contribution in [0.15, 0.2) is 0 Å². The van der Waals surface area contributed by atoms with Gasteiger partial charge in [0, 0.05) is 6.04 Å². The van der Waals surface area contributed by atoms with Gasteiger partial charge in [-0.2, -0.15) is 0 Å². The molecule has 1 N–H and O–H groups in total. The van der Waals surface area contributed by atoms with Gasteiger partial charge >= 0.3 is 5.97 Å². The zero-order valence-electron chi connectivity index (χ0n) is 9.29. The summed E-state index contributed by atoms with van der Waals surface area (Å²) in [6, 6.07) is 0.316. The van der Waals surface area contributed by atoms with Gasteiger partial charge in [0.15, 0.2) is 0 Å². The summed E-state index contributed by atoms with van der Waals surface area (Å²) in [6.45, 7) is 10.4. The Bertz CT molecular complexity index is 178. The minimum absolute atomic E-state index is 0.316. The lowest BCUT2D eigenvalue weighted by Crippen LogP contribution is -2.53. The number of hydrogen-bond acceptors (Lipinski definition) is 2. The maximum absolute atomic E-state index is 11.0. The smallest absolute Gasteiger partial charge is 0.323 e. The molecule has 0 saturated heterocycles. The molecule has 0 fully saturated rings. The van der Waals surface area contributed by atoms with Gasteiger partial charge in [-0.15, -0.1) is 0 Å². The number of likely N-dealkylation sites (N-methyl/N-ethyl adjacent to an activating group) is 1. The number of carbonyl (C=O) groups is 1. The number of hydrogen-bond donors (Lipinski definition) is 1. The van der Waals surface area contributed by atoms with E-state index in [1.54, 1.807) is 13.8 Å². The summed E-state index contributed by atoms with van der Waals surface area (Å²) in [5.41, 5.74) is -0.760. The van der Waals surface area contributed by atoms with Crippen LogP contribution in [0, 0.1) is 0 Å². The van der Waals surface area contributed by atoms with Gasteiger partial charge in [-0.3, -0.25) is 9.69 Å². The highest BCUT2D eigenvalue weighted by molar-refractivity contribution is 5.77. The molecule has 0 aromatic carbocycles. The third-order valence-electron chi connectivity index (χ3n) is 2.70. The van der Waals surface area contributed by atoms with E-state index in [0.717, 1.165) is 13.0 Å². The molecule has 3 heteroatoms. The summed E-state index contributed by atoms with van der Waals surface area (Å²) in [5.74, 6) is -0.755. The summed E-state index contributed by atoms with van der Waals surface area (Å²) in [4.78, 5) is 13.0. The van der Waals surface area contributed by atoms with E-state index in [9.17, 15) is 4.79 Å². The molecule has 0 radical (unpaired) electrons. The van der Waals surface area contributed by atoms with Gasteiger partial charge in [0.25, 0.3) is 0 Å². The van der Waals surface area contributed by atoms with Crippen molar-refractivity contribution < 1.29 is 9.90 Å². The predicted octanol–water partition coefficient (Wildman–Crippen LogP) is 1.97. The molecule has 0 amide bonds. The average Bonchev–Trinajstić information content (AvgIpc) is 2.04. The van der Waals surface area contributed by atoms with E-state index < -0.39 is 11.5 Å². The van der Waals surface area contributed by atoms with Gasteiger partial charge in [-0.25, -0.2) is 0 Å². The molecule has 78 valence electrons. The lowest BCUT2D eigenvalue weighted by atomic mass is 10.00. The van der Waals surface area contributed by atoms with Crippen LogP contribution >= 0.6 is 0 Å². The lowest BCUT2D eigenvalue weighted by molar-refractivity contribution is -0.150. The molecule has 0 aliphatic rings. The predicted molar refractivity (Wildman–Crippen MR) is 53.8 cm³/mol. The fraction of sp³-hybridized carbons (Fsp3) is 0.900. The van der Waals surface area contributed by atoms with Crippen LogP contribution in [0.5, 0.6) is 0 Å². The van der Waals surface area contributed by atoms with Crippen molar-refractivity contribution in [1.82, 2.24) is 4.90 Å². The van der Waals surface area contributed by atoms with Crippen molar-refractivity contribution >= 4 is 5.97 Å². The van der Waals surface area contributed by atoms with Crippen LogP contribution in [-0.2, 0) is 4.79 Å². The normalized spacial score (nSPS) is 14.6. The second-order valence-electron chi connectivity index (χ2n) is 3.91. The van der Waals surface area contributed by atoms with Gasteiger partial charge in [-0.05, 0) is 33.7 Å². The summed E-state index contributed by atoms with van der Waals surface area (Å²) < 4.78 is 0. The standard InChI is InChI=1S/C10H21NO2/c1-6-8(3)11(7-2)10(4,5)9(12)13/h8H,6-7H2,1-5H3,(H,12,13). The molecule has 0 heterocycles. The molecule has 1 atom stereocenters. The molecule has 0 saturated carbocycles. The topological polar surface area (TPSA) is 40.5 Å². The number of nitrogens with zero attached hydrogens (tertiary/aromatic N) is 1. The van der Waals surface area contributed by atoms with Crippen LogP contribution < -0.4 is 0 Å². The first-order valence-electron chi connectivity index (χ1n) is 4.88. The molecule has 0 spiro atoms. The Kier molecular flexibility index (Phi) is 4.40. The van der Waals surface area contributed by atoms with E-state index in [2.05, 4.69) is 13.8 Å². The minimum atomic E-state index is -0.760. The van der Waals surface area contributed by atoms with Crippen molar-refractivity contribution in [2.45, 2.75) is 52.6 Å². The Morgan fingerprint density at radius 3 is 2.15 bits per heavy atom. The Labute approximate surface area is 80.7 Å². The van der Waals surface area contributed by atoms with Crippen LogP contribution in [0.3, 0.4) is 0 Å². The van der Waals surface area contributed by atoms with Crippen molar-refractivity contribution in [3.63, 3.8) is 0 Å². The number of carboxylic acid groups (broad SMARTS) is 1. The van der Waals surface area contributed by atoms with Gasteiger partial charge in [0.05, 0.1) is 0 Å². The van der Waals surface area contributed by atoms with Crippen LogP contribution in [-0.4, -0.2) is 34.1 Å². The molecule has 0 aliphatic carbocycles. The Morgan fingerprint density at radius 1 is 1.46 bits per heavy atom. The van der Waals surface area contributed by atoms with E-state index >= 15 is 0 Å². The van der Waals surface area contributed by atoms with Crippen molar-refractivity contribution in [3.05, 3.63) is 0 Å². The van der Waals surface area contributed by atoms with E-state index in [4.69, 9.17) is 5.11 Å². The first-order chi connectivity index (χ1) is 5.87. The summed E-state index contributed by atoms with van der Waals surface area (Å²) >= 11 is 0. The van der Waals surface area contributed by atoms with Gasteiger partial charge in [0.1, 0.15) is 5.54 Å². The maximum atomic E-state index is 11.0. The molecule has 1 unspecified atom stereocenters. The maximum Gasteiger partial charge on any atom is 0.323 e. The van der Waals surface area contributed by atoms with Gasteiger partial charge < -0.3 is 5.11 Å². The van der Waals surface area contributed by atoms with Crippen LogP contribution in [0.4, 0.5) is 0 Å².